The number of furan rings is 1. The highest BCUT2D eigenvalue weighted by Crippen LogP contribution is 2.29. The Bertz CT molecular complexity index is 1190. The summed E-state index contributed by atoms with van der Waals surface area (Å²) in [6.45, 7) is 7.72. The minimum Gasteiger partial charge on any atom is -0.464 e. The van der Waals surface area contributed by atoms with E-state index in [1.54, 1.807) is 11.2 Å². The highest BCUT2D eigenvalue weighted by molar-refractivity contribution is 5.88. The zero-order valence-corrected chi connectivity index (χ0v) is 18.6. The third-order valence-corrected chi connectivity index (χ3v) is 5.73. The van der Waals surface area contributed by atoms with Gasteiger partial charge in [0.1, 0.15) is 5.58 Å². The Hall–Kier alpha value is -3.34. The van der Waals surface area contributed by atoms with E-state index < -0.39 is 0 Å². The van der Waals surface area contributed by atoms with E-state index in [2.05, 4.69) is 50.1 Å². The Balaban J connectivity index is 1.43. The summed E-state index contributed by atoms with van der Waals surface area (Å²) in [5.41, 5.74) is 6.51. The number of amides is 1. The molecule has 0 aliphatic heterocycles. The van der Waals surface area contributed by atoms with Crippen molar-refractivity contribution >= 4 is 16.9 Å². The largest absolute Gasteiger partial charge is 0.464 e. The number of carbonyl (C=O) groups is 1. The van der Waals surface area contributed by atoms with Crippen LogP contribution in [0.2, 0.25) is 0 Å². The summed E-state index contributed by atoms with van der Waals surface area (Å²) in [6.07, 6.45) is 5.87. The summed E-state index contributed by atoms with van der Waals surface area (Å²) in [4.78, 5) is 14.6. The van der Waals surface area contributed by atoms with E-state index in [1.165, 1.54) is 16.7 Å². The lowest BCUT2D eigenvalue weighted by Crippen LogP contribution is -2.27. The molecule has 0 saturated heterocycles. The normalized spacial score (nSPS) is 11.4. The number of nitrogens with zero attached hydrogens (tertiary/aromatic N) is 3. The quantitative estimate of drug-likeness (QED) is 0.411. The van der Waals surface area contributed by atoms with Gasteiger partial charge in [-0.2, -0.15) is 5.10 Å². The van der Waals surface area contributed by atoms with Gasteiger partial charge in [0.2, 0.25) is 5.91 Å². The molecule has 5 nitrogen and oxygen atoms in total. The highest BCUT2D eigenvalue weighted by Gasteiger charge is 2.17. The van der Waals surface area contributed by atoms with Crippen LogP contribution in [0, 0.1) is 6.92 Å². The van der Waals surface area contributed by atoms with E-state index in [-0.39, 0.29) is 5.91 Å². The van der Waals surface area contributed by atoms with Crippen LogP contribution in [-0.4, -0.2) is 27.6 Å². The SMILES string of the molecule is Cc1cc2occ(CC(=O)N(C)Cc3cnn(Cc4ccccc4)c3)c2cc1C(C)C. The summed E-state index contributed by atoms with van der Waals surface area (Å²) in [7, 11) is 1.84. The van der Waals surface area contributed by atoms with Crippen LogP contribution in [0.4, 0.5) is 0 Å². The van der Waals surface area contributed by atoms with Crippen LogP contribution in [0.5, 0.6) is 0 Å². The van der Waals surface area contributed by atoms with Crippen LogP contribution < -0.4 is 0 Å². The first-order chi connectivity index (χ1) is 14.9. The fourth-order valence-electron chi connectivity index (χ4n) is 4.01. The molecule has 2 aromatic heterocycles. The maximum atomic E-state index is 12.9. The molecule has 4 aromatic rings. The number of carbonyl (C=O) groups excluding carboxylic acids is 1. The molecule has 0 spiro atoms. The standard InChI is InChI=1S/C26H29N3O2/c1-18(2)23-12-24-22(17-31-25(24)10-19(23)3)11-26(30)28(4)14-21-13-27-29(16-21)15-20-8-6-5-7-9-20/h5-10,12-13,16-18H,11,14-15H2,1-4H3. The number of aryl methyl sites for hydroxylation is 1. The fourth-order valence-corrected chi connectivity index (χ4v) is 4.01. The van der Waals surface area contributed by atoms with Gasteiger partial charge in [0, 0.05) is 36.3 Å². The first-order valence-corrected chi connectivity index (χ1v) is 10.7. The van der Waals surface area contributed by atoms with Gasteiger partial charge in [0.15, 0.2) is 0 Å². The molecule has 1 amide bonds. The molecule has 0 bridgehead atoms. The molecular weight excluding hydrogens is 386 g/mol. The molecule has 4 rings (SSSR count). The Morgan fingerprint density at radius 3 is 2.68 bits per heavy atom. The van der Waals surface area contributed by atoms with E-state index in [0.717, 1.165) is 28.6 Å². The highest BCUT2D eigenvalue weighted by atomic mass is 16.3. The van der Waals surface area contributed by atoms with Gasteiger partial charge in [0.25, 0.3) is 0 Å². The van der Waals surface area contributed by atoms with Gasteiger partial charge in [-0.3, -0.25) is 9.48 Å². The minimum atomic E-state index is 0.0604. The first kappa shape index (κ1) is 20.9. The summed E-state index contributed by atoms with van der Waals surface area (Å²) in [5.74, 6) is 0.489. The van der Waals surface area contributed by atoms with Gasteiger partial charge in [0.05, 0.1) is 25.4 Å². The Labute approximate surface area is 183 Å². The first-order valence-electron chi connectivity index (χ1n) is 10.7. The summed E-state index contributed by atoms with van der Waals surface area (Å²) < 4.78 is 7.64. The molecule has 0 radical (unpaired) electrons. The molecule has 0 atom stereocenters. The molecule has 0 aliphatic rings. The summed E-state index contributed by atoms with van der Waals surface area (Å²) in [6, 6.07) is 14.5. The maximum Gasteiger partial charge on any atom is 0.227 e. The average molecular weight is 416 g/mol. The number of benzene rings is 2. The predicted octanol–water partition coefficient (Wildman–Crippen LogP) is 5.31. The topological polar surface area (TPSA) is 51.3 Å². The second-order valence-corrected chi connectivity index (χ2v) is 8.58. The smallest absolute Gasteiger partial charge is 0.227 e. The second kappa shape index (κ2) is 8.80. The number of likely N-dealkylation sites (N-methyl/N-ethyl adjacent to an activating group) is 1. The lowest BCUT2D eigenvalue weighted by atomic mass is 9.95. The van der Waals surface area contributed by atoms with Crippen molar-refractivity contribution in [2.45, 2.75) is 46.2 Å². The van der Waals surface area contributed by atoms with E-state index in [9.17, 15) is 4.79 Å². The third-order valence-electron chi connectivity index (χ3n) is 5.73. The molecule has 0 saturated carbocycles. The van der Waals surface area contributed by atoms with Gasteiger partial charge in [-0.25, -0.2) is 0 Å². The van der Waals surface area contributed by atoms with Crippen molar-refractivity contribution in [1.82, 2.24) is 14.7 Å². The van der Waals surface area contributed by atoms with Gasteiger partial charge in [-0.1, -0.05) is 44.2 Å². The molecule has 0 aliphatic carbocycles. The number of hydrogen-bond acceptors (Lipinski definition) is 3. The Morgan fingerprint density at radius 1 is 1.16 bits per heavy atom. The van der Waals surface area contributed by atoms with E-state index in [0.29, 0.717) is 18.9 Å². The van der Waals surface area contributed by atoms with E-state index in [4.69, 9.17) is 4.42 Å². The van der Waals surface area contributed by atoms with Crippen LogP contribution in [0.25, 0.3) is 11.0 Å². The van der Waals surface area contributed by atoms with Gasteiger partial charge < -0.3 is 9.32 Å². The maximum absolute atomic E-state index is 12.9. The zero-order chi connectivity index (χ0) is 22.0. The van der Waals surface area contributed by atoms with Crippen LogP contribution in [0.1, 0.15) is 47.6 Å². The molecule has 2 heterocycles. The third kappa shape index (κ3) is 4.71. The number of hydrogen-bond donors (Lipinski definition) is 0. The van der Waals surface area contributed by atoms with Crippen molar-refractivity contribution in [3.8, 4) is 0 Å². The monoisotopic (exact) mass is 415 g/mol. The van der Waals surface area contributed by atoms with Crippen LogP contribution in [0.15, 0.2) is 65.5 Å². The zero-order valence-electron chi connectivity index (χ0n) is 18.6. The molecule has 0 fully saturated rings. The molecule has 160 valence electrons. The van der Waals surface area contributed by atoms with Crippen molar-refractivity contribution in [3.63, 3.8) is 0 Å². The van der Waals surface area contributed by atoms with Crippen LogP contribution >= 0.6 is 0 Å². The van der Waals surface area contributed by atoms with Crippen molar-refractivity contribution in [1.29, 1.82) is 0 Å². The predicted molar refractivity (Wildman–Crippen MR) is 123 cm³/mol. The minimum absolute atomic E-state index is 0.0604. The van der Waals surface area contributed by atoms with Crippen LogP contribution in [-0.2, 0) is 24.3 Å². The van der Waals surface area contributed by atoms with Crippen molar-refractivity contribution < 1.29 is 9.21 Å². The molecule has 0 unspecified atom stereocenters. The summed E-state index contributed by atoms with van der Waals surface area (Å²) in [5, 5.41) is 5.47. The van der Waals surface area contributed by atoms with Crippen LogP contribution in [0.3, 0.4) is 0 Å². The molecule has 5 heteroatoms. The fraction of sp³-hybridized carbons (Fsp3) is 0.308. The molecule has 0 N–H and O–H groups in total. The molecular formula is C26H29N3O2. The molecule has 2 aromatic carbocycles. The van der Waals surface area contributed by atoms with Crippen molar-refractivity contribution in [2.75, 3.05) is 7.05 Å². The van der Waals surface area contributed by atoms with Gasteiger partial charge in [-0.15, -0.1) is 0 Å². The van der Waals surface area contributed by atoms with Gasteiger partial charge >= 0.3 is 0 Å². The van der Waals surface area contributed by atoms with Gasteiger partial charge in [-0.05, 0) is 41.7 Å². The Morgan fingerprint density at radius 2 is 1.94 bits per heavy atom. The van der Waals surface area contributed by atoms with Crippen molar-refractivity contribution in [3.05, 3.63) is 88.9 Å². The van der Waals surface area contributed by atoms with E-state index in [1.807, 2.05) is 42.3 Å². The number of rotatable bonds is 7. The van der Waals surface area contributed by atoms with E-state index >= 15 is 0 Å². The summed E-state index contributed by atoms with van der Waals surface area (Å²) >= 11 is 0. The van der Waals surface area contributed by atoms with Crippen molar-refractivity contribution in [2.24, 2.45) is 0 Å². The average Bonchev–Trinajstić information content (AvgIpc) is 3.34. The Kier molecular flexibility index (Phi) is 5.94. The number of fused-ring (bicyclic) bond motifs is 1. The lowest BCUT2D eigenvalue weighted by Gasteiger charge is -2.16. The second-order valence-electron chi connectivity index (χ2n) is 8.58. The number of aromatic nitrogens is 2. The molecule has 31 heavy (non-hydrogen) atoms. The lowest BCUT2D eigenvalue weighted by molar-refractivity contribution is -0.129.